The van der Waals surface area contributed by atoms with Crippen molar-refractivity contribution in [2.75, 3.05) is 11.9 Å². The highest BCUT2D eigenvalue weighted by atomic mass is 19.3. The normalized spacial score (nSPS) is 11.7. The third-order valence-electron chi connectivity index (χ3n) is 5.39. The van der Waals surface area contributed by atoms with Crippen molar-refractivity contribution in [2.24, 2.45) is 0 Å². The first-order valence-electron chi connectivity index (χ1n) is 10.9. The van der Waals surface area contributed by atoms with E-state index in [-0.39, 0.29) is 5.91 Å². The summed E-state index contributed by atoms with van der Waals surface area (Å²) < 4.78 is 26.1. The molecule has 0 saturated carbocycles. The first kappa shape index (κ1) is 23.7. The molecule has 9 heteroatoms. The number of rotatable bonds is 9. The van der Waals surface area contributed by atoms with E-state index >= 15 is 0 Å². The molecule has 0 aliphatic carbocycles. The maximum atomic E-state index is 13.1. The topological polar surface area (TPSA) is 95.6 Å². The van der Waals surface area contributed by atoms with Gasteiger partial charge in [-0.3, -0.25) is 4.79 Å². The van der Waals surface area contributed by atoms with Gasteiger partial charge in [-0.05, 0) is 41.8 Å². The number of hydrogen-bond donors (Lipinski definition) is 2. The first-order chi connectivity index (χ1) is 17.0. The molecule has 2 heterocycles. The number of nitriles is 1. The van der Waals surface area contributed by atoms with Gasteiger partial charge in [0.05, 0.1) is 17.8 Å². The Balaban J connectivity index is 1.42. The van der Waals surface area contributed by atoms with E-state index in [0.717, 1.165) is 11.1 Å². The largest absolute Gasteiger partial charge is 0.333 e. The zero-order chi connectivity index (χ0) is 24.6. The van der Waals surface area contributed by atoms with Gasteiger partial charge in [-0.15, -0.1) is 0 Å². The zero-order valence-corrected chi connectivity index (χ0v) is 18.6. The van der Waals surface area contributed by atoms with Crippen molar-refractivity contribution in [1.29, 1.82) is 5.26 Å². The van der Waals surface area contributed by atoms with Crippen molar-refractivity contribution in [3.05, 3.63) is 102 Å². The van der Waals surface area contributed by atoms with Crippen LogP contribution in [-0.4, -0.2) is 27.2 Å². The van der Waals surface area contributed by atoms with Crippen LogP contribution in [0.5, 0.6) is 0 Å². The highest BCUT2D eigenvalue weighted by molar-refractivity contribution is 5.94. The van der Waals surface area contributed by atoms with Crippen molar-refractivity contribution in [1.82, 2.24) is 20.1 Å². The van der Waals surface area contributed by atoms with Gasteiger partial charge in [-0.25, -0.2) is 9.67 Å². The summed E-state index contributed by atoms with van der Waals surface area (Å²) in [6.45, 7) is -2.17. The van der Waals surface area contributed by atoms with E-state index < -0.39 is 12.6 Å². The molecule has 7 nitrogen and oxygen atoms in total. The van der Waals surface area contributed by atoms with Crippen LogP contribution in [-0.2, 0) is 11.2 Å². The number of hydrogen-bond acceptors (Lipinski definition) is 5. The Bertz CT molecular complexity index is 1300. The lowest BCUT2D eigenvalue weighted by Gasteiger charge is -2.19. The van der Waals surface area contributed by atoms with Gasteiger partial charge in [0.1, 0.15) is 11.9 Å². The van der Waals surface area contributed by atoms with E-state index in [4.69, 9.17) is 5.26 Å². The summed E-state index contributed by atoms with van der Waals surface area (Å²) in [6, 6.07) is 21.5. The lowest BCUT2D eigenvalue weighted by atomic mass is 10.0. The minimum atomic E-state index is -2.71. The summed E-state index contributed by atoms with van der Waals surface area (Å²) >= 11 is 0. The Morgan fingerprint density at radius 3 is 2.40 bits per heavy atom. The molecular formula is C26H22F2N6O. The summed E-state index contributed by atoms with van der Waals surface area (Å²) in [5.41, 5.74) is 3.57. The van der Waals surface area contributed by atoms with Crippen LogP contribution in [0.4, 0.5) is 14.6 Å². The fraction of sp³-hybridized carbons (Fsp3) is 0.154. The number of nitrogens with zero attached hydrogens (tertiary/aromatic N) is 4. The average Bonchev–Trinajstić information content (AvgIpc) is 3.39. The lowest BCUT2D eigenvalue weighted by molar-refractivity contribution is -0.118. The predicted octanol–water partition coefficient (Wildman–Crippen LogP) is 4.72. The second-order valence-corrected chi connectivity index (χ2v) is 7.76. The van der Waals surface area contributed by atoms with Gasteiger partial charge in [0.15, 0.2) is 0 Å². The van der Waals surface area contributed by atoms with Crippen LogP contribution in [0.1, 0.15) is 29.3 Å². The number of aromatic nitrogens is 3. The fourth-order valence-electron chi connectivity index (χ4n) is 3.55. The predicted molar refractivity (Wildman–Crippen MR) is 127 cm³/mol. The molecule has 0 aliphatic rings. The highest BCUT2D eigenvalue weighted by Crippen LogP contribution is 2.22. The number of carbonyl (C=O) groups is 1. The summed E-state index contributed by atoms with van der Waals surface area (Å²) in [5.74, 6) is 0.0663. The summed E-state index contributed by atoms with van der Waals surface area (Å²) in [7, 11) is 0. The van der Waals surface area contributed by atoms with Gasteiger partial charge in [-0.1, -0.05) is 42.5 Å². The quantitative estimate of drug-likeness (QED) is 0.367. The Kier molecular flexibility index (Phi) is 7.55. The summed E-state index contributed by atoms with van der Waals surface area (Å²) in [6.07, 6.45) is 4.76. The molecule has 4 rings (SSSR count). The second kappa shape index (κ2) is 11.1. The molecule has 0 saturated heterocycles. The average molecular weight is 472 g/mol. The number of amides is 1. The molecule has 1 unspecified atom stereocenters. The Morgan fingerprint density at radius 1 is 1.00 bits per heavy atom. The zero-order valence-electron chi connectivity index (χ0n) is 18.6. The van der Waals surface area contributed by atoms with Crippen molar-refractivity contribution in [3.63, 3.8) is 0 Å². The Labute approximate surface area is 201 Å². The summed E-state index contributed by atoms with van der Waals surface area (Å²) in [5, 5.41) is 18.7. The van der Waals surface area contributed by atoms with Crippen molar-refractivity contribution in [3.8, 4) is 17.2 Å². The maximum absolute atomic E-state index is 13.1. The molecule has 2 N–H and O–H groups in total. The molecular weight excluding hydrogens is 450 g/mol. The van der Waals surface area contributed by atoms with Gasteiger partial charge in [-0.2, -0.15) is 19.1 Å². The molecule has 1 atom stereocenters. The van der Waals surface area contributed by atoms with E-state index in [1.807, 2.05) is 42.5 Å². The third-order valence-corrected chi connectivity index (χ3v) is 5.39. The minimum absolute atomic E-state index is 0.276. The molecule has 2 aromatic carbocycles. The van der Waals surface area contributed by atoms with Crippen molar-refractivity contribution >= 4 is 11.7 Å². The van der Waals surface area contributed by atoms with E-state index in [9.17, 15) is 13.6 Å². The third kappa shape index (κ3) is 6.13. The molecule has 1 amide bonds. The number of pyridine rings is 1. The first-order valence-corrected chi connectivity index (χ1v) is 10.9. The maximum Gasteiger partial charge on any atom is 0.333 e. The van der Waals surface area contributed by atoms with Crippen LogP contribution in [0.15, 0.2) is 85.3 Å². The second-order valence-electron chi connectivity index (χ2n) is 7.76. The number of anilines is 1. The molecule has 0 aliphatic heterocycles. The standard InChI is InChI=1S/C26H22F2N6O/c27-26(28)34-17-22(16-32-34)21-10-11-23(31-15-21)33-25(35)24(20-4-2-1-3-5-20)30-13-12-18-6-8-19(14-29)9-7-18/h1-11,15-17,24,26,30H,12-13H2,(H,31,33,35). The van der Waals surface area contributed by atoms with E-state index in [1.165, 1.54) is 18.6 Å². The van der Waals surface area contributed by atoms with E-state index in [2.05, 4.69) is 26.8 Å². The van der Waals surface area contributed by atoms with Crippen LogP contribution in [0.2, 0.25) is 0 Å². The van der Waals surface area contributed by atoms with Crippen molar-refractivity contribution in [2.45, 2.75) is 19.0 Å². The number of alkyl halides is 2. The number of carbonyl (C=O) groups excluding carboxylic acids is 1. The smallest absolute Gasteiger partial charge is 0.309 e. The van der Waals surface area contributed by atoms with Gasteiger partial charge in [0, 0.05) is 30.1 Å². The van der Waals surface area contributed by atoms with Crippen molar-refractivity contribution < 1.29 is 13.6 Å². The minimum Gasteiger partial charge on any atom is -0.309 e. The van der Waals surface area contributed by atoms with Gasteiger partial charge in [0.2, 0.25) is 5.91 Å². The molecule has 0 spiro atoms. The molecule has 0 radical (unpaired) electrons. The Morgan fingerprint density at radius 2 is 1.77 bits per heavy atom. The SMILES string of the molecule is N#Cc1ccc(CCNC(C(=O)Nc2ccc(-c3cnn(C(F)F)c3)cn2)c2ccccc2)cc1. The molecule has 0 fully saturated rings. The van der Waals surface area contributed by atoms with Crippen LogP contribution in [0.3, 0.4) is 0 Å². The van der Waals surface area contributed by atoms with Crippen LogP contribution < -0.4 is 10.6 Å². The molecule has 0 bridgehead atoms. The lowest BCUT2D eigenvalue weighted by Crippen LogP contribution is -2.34. The molecule has 176 valence electrons. The van der Waals surface area contributed by atoms with Crippen LogP contribution >= 0.6 is 0 Å². The van der Waals surface area contributed by atoms with Gasteiger partial charge >= 0.3 is 6.55 Å². The number of benzene rings is 2. The van der Waals surface area contributed by atoms with E-state index in [1.54, 1.807) is 24.3 Å². The number of halogens is 2. The van der Waals surface area contributed by atoms with Crippen LogP contribution in [0.25, 0.3) is 11.1 Å². The monoisotopic (exact) mass is 472 g/mol. The van der Waals surface area contributed by atoms with E-state index in [0.29, 0.717) is 40.2 Å². The fourth-order valence-corrected chi connectivity index (χ4v) is 3.55. The number of nitrogens with one attached hydrogen (secondary N) is 2. The highest BCUT2D eigenvalue weighted by Gasteiger charge is 2.20. The molecule has 35 heavy (non-hydrogen) atoms. The Hall–Kier alpha value is -4.42. The molecule has 4 aromatic rings. The summed E-state index contributed by atoms with van der Waals surface area (Å²) in [4.78, 5) is 17.4. The van der Waals surface area contributed by atoms with Crippen LogP contribution in [0, 0.1) is 11.3 Å². The van der Waals surface area contributed by atoms with Gasteiger partial charge in [0.25, 0.3) is 0 Å². The van der Waals surface area contributed by atoms with Gasteiger partial charge < -0.3 is 10.6 Å². The molecule has 2 aromatic heterocycles.